The molecular weight excluding hydrogens is 304 g/mol. The molecule has 1 N–H and O–H groups in total. The van der Waals surface area contributed by atoms with Crippen LogP contribution in [0.4, 0.5) is 0 Å². The molecule has 1 heteroatoms. The van der Waals surface area contributed by atoms with Crippen LogP contribution in [0, 0.1) is 0 Å². The zero-order valence-corrected chi connectivity index (χ0v) is 16.2. The molecule has 0 aromatic heterocycles. The minimum absolute atomic E-state index is 0.0595. The fourth-order valence-corrected chi connectivity index (χ4v) is 4.57. The molecular formula is C24H32O. The van der Waals surface area contributed by atoms with Crippen LogP contribution in [0.25, 0.3) is 0 Å². The van der Waals surface area contributed by atoms with Crippen molar-refractivity contribution >= 4 is 0 Å². The smallest absolute Gasteiger partial charge is 0.0713 e. The monoisotopic (exact) mass is 336 g/mol. The van der Waals surface area contributed by atoms with Gasteiger partial charge in [-0.3, -0.25) is 0 Å². The lowest BCUT2D eigenvalue weighted by molar-refractivity contribution is 0.0237. The average molecular weight is 337 g/mol. The average Bonchev–Trinajstić information content (AvgIpc) is 3.02. The van der Waals surface area contributed by atoms with Gasteiger partial charge < -0.3 is 5.11 Å². The van der Waals surface area contributed by atoms with Crippen LogP contribution >= 0.6 is 0 Å². The van der Waals surface area contributed by atoms with Crippen LogP contribution in [-0.4, -0.2) is 10.7 Å². The van der Waals surface area contributed by atoms with E-state index in [9.17, 15) is 5.11 Å². The van der Waals surface area contributed by atoms with E-state index < -0.39 is 5.60 Å². The number of aliphatic hydroxyl groups is 1. The van der Waals surface area contributed by atoms with Crippen molar-refractivity contribution in [2.24, 2.45) is 0 Å². The van der Waals surface area contributed by atoms with Crippen LogP contribution in [0.3, 0.4) is 0 Å². The molecule has 1 atom stereocenters. The first-order chi connectivity index (χ1) is 11.8. The minimum atomic E-state index is -0.536. The van der Waals surface area contributed by atoms with Gasteiger partial charge in [-0.05, 0) is 46.9 Å². The highest BCUT2D eigenvalue weighted by molar-refractivity contribution is 5.45. The van der Waals surface area contributed by atoms with Crippen molar-refractivity contribution in [3.63, 3.8) is 0 Å². The molecule has 3 rings (SSSR count). The molecule has 1 unspecified atom stereocenters. The molecule has 1 saturated carbocycles. The third-order valence-electron chi connectivity index (χ3n) is 5.91. The van der Waals surface area contributed by atoms with E-state index in [2.05, 4.69) is 76.2 Å². The van der Waals surface area contributed by atoms with Gasteiger partial charge in [0.25, 0.3) is 0 Å². The minimum Gasteiger partial charge on any atom is -0.389 e. The Labute approximate surface area is 153 Å². The molecule has 1 aliphatic carbocycles. The van der Waals surface area contributed by atoms with Gasteiger partial charge in [-0.25, -0.2) is 0 Å². The molecule has 0 spiro atoms. The molecule has 1 aliphatic rings. The van der Waals surface area contributed by atoms with Crippen molar-refractivity contribution in [1.82, 2.24) is 0 Å². The summed E-state index contributed by atoms with van der Waals surface area (Å²) in [6.45, 7) is 9.12. The zero-order valence-electron chi connectivity index (χ0n) is 16.2. The second-order valence-corrected chi connectivity index (χ2v) is 8.83. The van der Waals surface area contributed by atoms with E-state index in [0.29, 0.717) is 0 Å². The van der Waals surface area contributed by atoms with Gasteiger partial charge in [0.15, 0.2) is 0 Å². The van der Waals surface area contributed by atoms with Crippen molar-refractivity contribution in [2.75, 3.05) is 0 Å². The van der Waals surface area contributed by atoms with E-state index in [-0.39, 0.29) is 11.3 Å². The lowest BCUT2D eigenvalue weighted by Crippen LogP contribution is -2.33. The third-order valence-corrected chi connectivity index (χ3v) is 5.91. The second-order valence-electron chi connectivity index (χ2n) is 8.83. The quantitative estimate of drug-likeness (QED) is 0.728. The number of hydrogen-bond acceptors (Lipinski definition) is 1. The Morgan fingerprint density at radius 1 is 0.960 bits per heavy atom. The Morgan fingerprint density at radius 3 is 2.20 bits per heavy atom. The maximum atomic E-state index is 11.2. The SMILES string of the molecule is CC(c1cccc(Cc2ccccc2)c1C(C)(C)C)C1(O)CCCC1. The summed E-state index contributed by atoms with van der Waals surface area (Å²) in [5, 5.41) is 11.2. The van der Waals surface area contributed by atoms with E-state index in [4.69, 9.17) is 0 Å². The van der Waals surface area contributed by atoms with Crippen molar-refractivity contribution in [3.05, 3.63) is 70.8 Å². The molecule has 0 amide bonds. The van der Waals surface area contributed by atoms with Gasteiger partial charge in [-0.1, -0.05) is 89.1 Å². The molecule has 2 aromatic carbocycles. The summed E-state index contributed by atoms with van der Waals surface area (Å²) in [5.41, 5.74) is 5.02. The first-order valence-electron chi connectivity index (χ1n) is 9.70. The van der Waals surface area contributed by atoms with Crippen LogP contribution in [0.2, 0.25) is 0 Å². The molecule has 25 heavy (non-hydrogen) atoms. The van der Waals surface area contributed by atoms with Gasteiger partial charge >= 0.3 is 0 Å². The molecule has 0 bridgehead atoms. The molecule has 0 aliphatic heterocycles. The van der Waals surface area contributed by atoms with Gasteiger partial charge in [0.05, 0.1) is 5.60 Å². The Kier molecular flexibility index (Phi) is 5.06. The molecule has 0 saturated heterocycles. The van der Waals surface area contributed by atoms with Crippen molar-refractivity contribution < 1.29 is 5.11 Å². The number of benzene rings is 2. The van der Waals surface area contributed by atoms with Gasteiger partial charge in [0.2, 0.25) is 0 Å². The van der Waals surface area contributed by atoms with E-state index in [0.717, 1.165) is 32.1 Å². The topological polar surface area (TPSA) is 20.2 Å². The van der Waals surface area contributed by atoms with Gasteiger partial charge in [0, 0.05) is 5.92 Å². The van der Waals surface area contributed by atoms with Crippen molar-refractivity contribution in [2.45, 2.75) is 76.7 Å². The Bertz CT molecular complexity index is 703. The Balaban J connectivity index is 2.05. The molecule has 0 radical (unpaired) electrons. The largest absolute Gasteiger partial charge is 0.389 e. The zero-order chi connectivity index (χ0) is 18.1. The Morgan fingerprint density at radius 2 is 1.60 bits per heavy atom. The molecule has 1 fully saturated rings. The van der Waals surface area contributed by atoms with Gasteiger partial charge in [-0.2, -0.15) is 0 Å². The third kappa shape index (κ3) is 3.82. The van der Waals surface area contributed by atoms with Crippen LogP contribution in [0.5, 0.6) is 0 Å². The highest BCUT2D eigenvalue weighted by atomic mass is 16.3. The Hall–Kier alpha value is -1.60. The summed E-state index contributed by atoms with van der Waals surface area (Å²) in [4.78, 5) is 0. The lowest BCUT2D eigenvalue weighted by atomic mass is 9.72. The predicted octanol–water partition coefficient (Wildman–Crippen LogP) is 5.98. The van der Waals surface area contributed by atoms with E-state index in [1.165, 1.54) is 22.3 Å². The lowest BCUT2D eigenvalue weighted by Gasteiger charge is -2.35. The predicted molar refractivity (Wildman–Crippen MR) is 106 cm³/mol. The first kappa shape index (κ1) is 18.2. The van der Waals surface area contributed by atoms with Crippen molar-refractivity contribution in [1.29, 1.82) is 0 Å². The summed E-state index contributed by atoms with van der Waals surface area (Å²) >= 11 is 0. The summed E-state index contributed by atoms with van der Waals surface area (Å²) in [5.74, 6) is 0.181. The summed E-state index contributed by atoms with van der Waals surface area (Å²) < 4.78 is 0. The number of rotatable bonds is 4. The first-order valence-corrected chi connectivity index (χ1v) is 9.70. The van der Waals surface area contributed by atoms with Crippen LogP contribution in [-0.2, 0) is 11.8 Å². The van der Waals surface area contributed by atoms with E-state index >= 15 is 0 Å². The van der Waals surface area contributed by atoms with Gasteiger partial charge in [-0.15, -0.1) is 0 Å². The summed E-state index contributed by atoms with van der Waals surface area (Å²) in [6, 6.07) is 17.4. The van der Waals surface area contributed by atoms with Crippen molar-refractivity contribution in [3.8, 4) is 0 Å². The molecule has 2 aromatic rings. The van der Waals surface area contributed by atoms with Gasteiger partial charge in [0.1, 0.15) is 0 Å². The standard InChI is InChI=1S/C24H32O/c1-18(24(25)15-8-9-16-24)21-14-10-13-20(22(21)23(2,3)4)17-19-11-6-5-7-12-19/h5-7,10-14,18,25H,8-9,15-17H2,1-4H3. The molecule has 0 heterocycles. The highest BCUT2D eigenvalue weighted by Gasteiger charge is 2.39. The second kappa shape index (κ2) is 6.96. The van der Waals surface area contributed by atoms with Crippen LogP contribution < -0.4 is 0 Å². The summed E-state index contributed by atoms with van der Waals surface area (Å²) in [7, 11) is 0. The van der Waals surface area contributed by atoms with Crippen LogP contribution in [0.15, 0.2) is 48.5 Å². The normalized spacial score (nSPS) is 18.3. The maximum Gasteiger partial charge on any atom is 0.0713 e. The fourth-order valence-electron chi connectivity index (χ4n) is 4.57. The maximum absolute atomic E-state index is 11.2. The van der Waals surface area contributed by atoms with Crippen LogP contribution in [0.1, 0.15) is 81.5 Å². The molecule has 1 nitrogen and oxygen atoms in total. The fraction of sp³-hybridized carbons (Fsp3) is 0.500. The van der Waals surface area contributed by atoms with E-state index in [1.54, 1.807) is 0 Å². The summed E-state index contributed by atoms with van der Waals surface area (Å²) in [6.07, 6.45) is 5.11. The number of hydrogen-bond donors (Lipinski definition) is 1. The van der Waals surface area contributed by atoms with E-state index in [1.807, 2.05) is 0 Å². The molecule has 134 valence electrons. The highest BCUT2D eigenvalue weighted by Crippen LogP contribution is 2.44.